The summed E-state index contributed by atoms with van der Waals surface area (Å²) in [7, 11) is 5.25. The smallest absolute Gasteiger partial charge is 0.289 e. The molecule has 1 aliphatic rings. The first-order valence-corrected chi connectivity index (χ1v) is 8.45. The highest BCUT2D eigenvalue weighted by Gasteiger charge is 2.36. The van der Waals surface area contributed by atoms with Gasteiger partial charge in [-0.2, -0.15) is 5.10 Å². The summed E-state index contributed by atoms with van der Waals surface area (Å²) in [5.41, 5.74) is 2.32. The van der Waals surface area contributed by atoms with Gasteiger partial charge >= 0.3 is 0 Å². The minimum Gasteiger partial charge on any atom is -0.451 e. The Bertz CT molecular complexity index is 968. The van der Waals surface area contributed by atoms with Crippen LogP contribution >= 0.6 is 0 Å². The summed E-state index contributed by atoms with van der Waals surface area (Å²) in [5, 5.41) is 5.33. The van der Waals surface area contributed by atoms with E-state index in [0.29, 0.717) is 12.1 Å². The van der Waals surface area contributed by atoms with Crippen molar-refractivity contribution in [2.75, 3.05) is 20.6 Å². The molecule has 0 N–H and O–H groups in total. The van der Waals surface area contributed by atoms with Gasteiger partial charge in [0.05, 0.1) is 5.69 Å². The fourth-order valence-corrected chi connectivity index (χ4v) is 3.45. The van der Waals surface area contributed by atoms with Gasteiger partial charge in [-0.25, -0.2) is 0 Å². The van der Waals surface area contributed by atoms with Crippen LogP contribution < -0.4 is 0 Å². The normalized spacial score (nSPS) is 16.6. The first-order valence-electron chi connectivity index (χ1n) is 8.45. The van der Waals surface area contributed by atoms with E-state index in [0.717, 1.165) is 16.6 Å². The molecule has 1 aliphatic heterocycles. The minimum absolute atomic E-state index is 0.0629. The number of likely N-dealkylation sites (N-methyl/N-ethyl adjacent to an activating group) is 1. The van der Waals surface area contributed by atoms with Crippen molar-refractivity contribution in [2.24, 2.45) is 7.05 Å². The van der Waals surface area contributed by atoms with Crippen molar-refractivity contribution in [2.45, 2.75) is 12.5 Å². The molecule has 26 heavy (non-hydrogen) atoms. The van der Waals surface area contributed by atoms with Crippen LogP contribution in [0.1, 0.15) is 27.7 Å². The van der Waals surface area contributed by atoms with E-state index < -0.39 is 5.92 Å². The predicted octanol–water partition coefficient (Wildman–Crippen LogP) is 1.99. The third-order valence-electron chi connectivity index (χ3n) is 4.69. The zero-order valence-corrected chi connectivity index (χ0v) is 15.0. The number of fused-ring (bicyclic) bond motifs is 2. The summed E-state index contributed by atoms with van der Waals surface area (Å²) in [4.78, 5) is 28.8. The summed E-state index contributed by atoms with van der Waals surface area (Å²) < 4.78 is 7.40. The van der Waals surface area contributed by atoms with E-state index in [4.69, 9.17) is 4.42 Å². The van der Waals surface area contributed by atoms with Crippen LogP contribution in [-0.4, -0.2) is 52.0 Å². The third-order valence-corrected chi connectivity index (χ3v) is 4.69. The van der Waals surface area contributed by atoms with Gasteiger partial charge < -0.3 is 14.2 Å². The Morgan fingerprint density at radius 2 is 2.04 bits per heavy atom. The molecule has 0 aliphatic carbocycles. The number of para-hydroxylation sites is 1. The van der Waals surface area contributed by atoms with Gasteiger partial charge in [0.15, 0.2) is 5.76 Å². The maximum Gasteiger partial charge on any atom is 0.289 e. The monoisotopic (exact) mass is 352 g/mol. The van der Waals surface area contributed by atoms with E-state index in [1.54, 1.807) is 29.7 Å². The Morgan fingerprint density at radius 3 is 2.77 bits per heavy atom. The van der Waals surface area contributed by atoms with Gasteiger partial charge in [0, 0.05) is 51.4 Å². The first-order chi connectivity index (χ1) is 12.4. The van der Waals surface area contributed by atoms with Gasteiger partial charge in [0.1, 0.15) is 11.5 Å². The lowest BCUT2D eigenvalue weighted by Crippen LogP contribution is -2.43. The Morgan fingerprint density at radius 1 is 1.27 bits per heavy atom. The average Bonchev–Trinajstić information content (AvgIpc) is 3.21. The molecule has 4 rings (SSSR count). The highest BCUT2D eigenvalue weighted by molar-refractivity contribution is 5.97. The van der Waals surface area contributed by atoms with Crippen molar-refractivity contribution >= 4 is 22.8 Å². The molecular weight excluding hydrogens is 332 g/mol. The number of carbonyl (C=O) groups is 2. The van der Waals surface area contributed by atoms with Crippen molar-refractivity contribution in [3.63, 3.8) is 0 Å². The van der Waals surface area contributed by atoms with Gasteiger partial charge in [0.2, 0.25) is 5.91 Å². The second-order valence-corrected chi connectivity index (χ2v) is 6.83. The van der Waals surface area contributed by atoms with E-state index in [1.807, 2.05) is 37.5 Å². The number of amides is 2. The Balaban J connectivity index is 1.68. The fraction of sp³-hybridized carbons (Fsp3) is 0.316. The number of hydrogen-bond acceptors (Lipinski definition) is 4. The second kappa shape index (κ2) is 6.01. The standard InChI is InChI=1S/C19H20N4O3/c1-21(2)18(24)14-11-23(10-13-9-22(3)20-17(13)14)19(25)16-8-12-6-4-5-7-15(12)26-16/h4-9,14H,10-11H2,1-3H3. The van der Waals surface area contributed by atoms with Crippen LogP contribution in [0, 0.1) is 0 Å². The van der Waals surface area contributed by atoms with Gasteiger partial charge in [-0.1, -0.05) is 18.2 Å². The molecule has 1 unspecified atom stereocenters. The Kier molecular flexibility index (Phi) is 3.79. The Hall–Kier alpha value is -3.09. The quantitative estimate of drug-likeness (QED) is 0.707. The summed E-state index contributed by atoms with van der Waals surface area (Å²) in [6, 6.07) is 9.26. The number of carbonyl (C=O) groups excluding carboxylic acids is 2. The number of nitrogens with zero attached hydrogens (tertiary/aromatic N) is 4. The highest BCUT2D eigenvalue weighted by atomic mass is 16.3. The lowest BCUT2D eigenvalue weighted by atomic mass is 9.95. The van der Waals surface area contributed by atoms with Crippen LogP contribution in [0.5, 0.6) is 0 Å². The highest BCUT2D eigenvalue weighted by Crippen LogP contribution is 2.30. The number of aryl methyl sites for hydroxylation is 1. The molecule has 1 atom stereocenters. The molecule has 0 saturated carbocycles. The molecule has 2 amide bonds. The van der Waals surface area contributed by atoms with Crippen molar-refractivity contribution in [3.8, 4) is 0 Å². The van der Waals surface area contributed by atoms with Crippen LogP contribution in [0.3, 0.4) is 0 Å². The van der Waals surface area contributed by atoms with Crippen molar-refractivity contribution in [1.82, 2.24) is 19.6 Å². The van der Waals surface area contributed by atoms with Crippen LogP contribution in [0.15, 0.2) is 40.9 Å². The van der Waals surface area contributed by atoms with Crippen LogP contribution in [0.2, 0.25) is 0 Å². The number of rotatable bonds is 2. The minimum atomic E-state index is -0.469. The summed E-state index contributed by atoms with van der Waals surface area (Å²) in [5.74, 6) is -0.461. The van der Waals surface area contributed by atoms with E-state index in [2.05, 4.69) is 5.10 Å². The van der Waals surface area contributed by atoms with E-state index >= 15 is 0 Å². The summed E-state index contributed by atoms with van der Waals surface area (Å²) in [6.07, 6.45) is 1.86. The van der Waals surface area contributed by atoms with E-state index in [-0.39, 0.29) is 24.1 Å². The van der Waals surface area contributed by atoms with E-state index in [9.17, 15) is 9.59 Å². The van der Waals surface area contributed by atoms with Crippen molar-refractivity contribution in [3.05, 3.63) is 53.5 Å². The molecule has 7 nitrogen and oxygen atoms in total. The molecule has 0 spiro atoms. The molecule has 3 aromatic rings. The molecule has 1 aromatic carbocycles. The lowest BCUT2D eigenvalue weighted by molar-refractivity contribution is -0.131. The number of aromatic nitrogens is 2. The van der Waals surface area contributed by atoms with Crippen LogP contribution in [-0.2, 0) is 18.4 Å². The summed E-state index contributed by atoms with van der Waals surface area (Å²) in [6.45, 7) is 0.702. The number of hydrogen-bond donors (Lipinski definition) is 0. The fourth-order valence-electron chi connectivity index (χ4n) is 3.45. The largest absolute Gasteiger partial charge is 0.451 e. The average molecular weight is 352 g/mol. The lowest BCUT2D eigenvalue weighted by Gasteiger charge is -2.32. The van der Waals surface area contributed by atoms with Gasteiger partial charge in [-0.3, -0.25) is 14.3 Å². The molecule has 0 fully saturated rings. The molecule has 0 saturated heterocycles. The van der Waals surface area contributed by atoms with Crippen LogP contribution in [0.25, 0.3) is 11.0 Å². The molecule has 0 bridgehead atoms. The predicted molar refractivity (Wildman–Crippen MR) is 95.6 cm³/mol. The van der Waals surface area contributed by atoms with Gasteiger partial charge in [-0.05, 0) is 12.1 Å². The van der Waals surface area contributed by atoms with Crippen molar-refractivity contribution < 1.29 is 14.0 Å². The van der Waals surface area contributed by atoms with Gasteiger partial charge in [0.25, 0.3) is 5.91 Å². The number of furan rings is 1. The number of benzene rings is 1. The van der Waals surface area contributed by atoms with E-state index in [1.165, 1.54) is 4.90 Å². The molecule has 3 heterocycles. The Labute approximate surface area is 150 Å². The van der Waals surface area contributed by atoms with Gasteiger partial charge in [-0.15, -0.1) is 0 Å². The zero-order valence-electron chi connectivity index (χ0n) is 15.0. The third kappa shape index (κ3) is 2.65. The topological polar surface area (TPSA) is 71.6 Å². The van der Waals surface area contributed by atoms with Crippen LogP contribution in [0.4, 0.5) is 0 Å². The SMILES string of the molecule is CN(C)C(=O)C1CN(C(=O)c2cc3ccccc3o2)Cc2cn(C)nc21. The summed E-state index contributed by atoms with van der Waals surface area (Å²) >= 11 is 0. The zero-order chi connectivity index (χ0) is 18.4. The maximum absolute atomic E-state index is 13.0. The molecular formula is C19H20N4O3. The molecule has 2 aromatic heterocycles. The molecule has 7 heteroatoms. The van der Waals surface area contributed by atoms with Crippen molar-refractivity contribution in [1.29, 1.82) is 0 Å². The molecule has 134 valence electrons. The first kappa shape index (κ1) is 16.4. The molecule has 0 radical (unpaired) electrons. The second-order valence-electron chi connectivity index (χ2n) is 6.83. The maximum atomic E-state index is 13.0.